The molecule has 8 atom stereocenters. The van der Waals surface area contributed by atoms with Crippen molar-refractivity contribution in [3.8, 4) is 22.9 Å². The summed E-state index contributed by atoms with van der Waals surface area (Å²) in [5.41, 5.74) is -0.735. The fraction of sp³-hybridized carbons (Fsp3) is 0.610. The van der Waals surface area contributed by atoms with E-state index in [1.807, 2.05) is 46.9 Å². The number of aromatic nitrogens is 2. The molecule has 3 amide bonds. The lowest BCUT2D eigenvalue weighted by atomic mass is 9.85. The van der Waals surface area contributed by atoms with E-state index >= 15 is 0 Å². The number of alkyl carbamates (subject to hydrolysis) is 1. The predicted octanol–water partition coefficient (Wildman–Crippen LogP) is 6.41. The summed E-state index contributed by atoms with van der Waals surface area (Å²) in [5, 5.41) is 22.6. The van der Waals surface area contributed by atoms with E-state index in [2.05, 4.69) is 16.0 Å². The number of fused-ring (bicyclic) bond motifs is 3. The van der Waals surface area contributed by atoms with Crippen LogP contribution < -0.4 is 25.4 Å². The van der Waals surface area contributed by atoms with Gasteiger partial charge in [0.2, 0.25) is 11.8 Å². The van der Waals surface area contributed by atoms with Gasteiger partial charge in [-0.3, -0.25) is 9.59 Å². The molecule has 4 fully saturated rings. The zero-order valence-electron chi connectivity index (χ0n) is 33.9. The number of amides is 3. The molecule has 58 heavy (non-hydrogen) atoms. The quantitative estimate of drug-likeness (QED) is 0.148. The lowest BCUT2D eigenvalue weighted by Crippen LogP contribution is -2.59. The minimum atomic E-state index is -1.42. The first kappa shape index (κ1) is 41.7. The molecule has 7 rings (SSSR count). The molecule has 4 aliphatic rings. The highest BCUT2D eigenvalue weighted by molar-refractivity contribution is 7.14. The van der Waals surface area contributed by atoms with Gasteiger partial charge in [0.25, 0.3) is 0 Å². The van der Waals surface area contributed by atoms with Gasteiger partial charge in [-0.05, 0) is 56.6 Å². The second kappa shape index (κ2) is 16.3. The van der Waals surface area contributed by atoms with Crippen molar-refractivity contribution in [1.82, 2.24) is 25.5 Å². The summed E-state index contributed by atoms with van der Waals surface area (Å²) in [6.07, 6.45) is 2.26. The molecular weight excluding hydrogens is 788 g/mol. The van der Waals surface area contributed by atoms with Crippen molar-refractivity contribution < 1.29 is 43.2 Å². The standard InChI is InChI=1S/C41H53ClN6O9S/c1-8-21-17-41(21,37(51)52)47-35(49)29-15-25(18-48(29)36(50)34(40(4,5)6)46-39(53)57-24-13-22-9-10-23(14-24)55-22)56-31-16-27(28-19-58-38(45-28)43-20(2)3)44-33-26(31)11-12-30(54-7)32(33)42/h11-12,16,19-25,29,34H,8-10,13-15,17-18H2,1-7H3,(H,43,45)(H,46,53)(H,47,49)(H,51,52)/t21-,22-,23+,24?,25?,29+,34?,41-/m1/s1. The molecule has 3 unspecified atom stereocenters. The van der Waals surface area contributed by atoms with Crippen LogP contribution >= 0.6 is 22.9 Å². The smallest absolute Gasteiger partial charge is 0.408 e. The first-order chi connectivity index (χ1) is 27.5. The minimum Gasteiger partial charge on any atom is -0.495 e. The number of carboxylic acids is 1. The highest BCUT2D eigenvalue weighted by Crippen LogP contribution is 2.47. The van der Waals surface area contributed by atoms with Crippen LogP contribution in [0.4, 0.5) is 9.93 Å². The van der Waals surface area contributed by atoms with E-state index in [0.29, 0.717) is 53.1 Å². The average Bonchev–Trinajstić information content (AvgIpc) is 3.42. The largest absolute Gasteiger partial charge is 0.495 e. The number of aliphatic carboxylic acids is 1. The Morgan fingerprint density at radius 2 is 1.79 bits per heavy atom. The maximum Gasteiger partial charge on any atom is 0.408 e. The number of halogens is 1. The van der Waals surface area contributed by atoms with Crippen LogP contribution in [0.15, 0.2) is 23.6 Å². The van der Waals surface area contributed by atoms with Gasteiger partial charge in [-0.15, -0.1) is 11.3 Å². The number of carboxylic acid groups (broad SMARTS) is 1. The molecule has 4 N–H and O–H groups in total. The number of anilines is 1. The van der Waals surface area contributed by atoms with Crippen LogP contribution in [0, 0.1) is 11.3 Å². The van der Waals surface area contributed by atoms with Crippen LogP contribution in [0.5, 0.6) is 11.5 Å². The van der Waals surface area contributed by atoms with Gasteiger partial charge in [-0.1, -0.05) is 45.7 Å². The van der Waals surface area contributed by atoms with Gasteiger partial charge in [0.15, 0.2) is 5.13 Å². The van der Waals surface area contributed by atoms with Crippen molar-refractivity contribution in [2.24, 2.45) is 11.3 Å². The molecule has 17 heteroatoms. The van der Waals surface area contributed by atoms with Gasteiger partial charge in [0, 0.05) is 42.1 Å². The Morgan fingerprint density at radius 1 is 1.07 bits per heavy atom. The van der Waals surface area contributed by atoms with Crippen LogP contribution in [0.2, 0.25) is 5.02 Å². The summed E-state index contributed by atoms with van der Waals surface area (Å²) in [7, 11) is 1.51. The van der Waals surface area contributed by atoms with Gasteiger partial charge < -0.3 is 44.9 Å². The number of hydrogen-bond donors (Lipinski definition) is 4. The van der Waals surface area contributed by atoms with Crippen molar-refractivity contribution in [2.45, 2.75) is 135 Å². The fourth-order valence-corrected chi connectivity index (χ4v) is 9.61. The molecule has 1 aromatic carbocycles. The van der Waals surface area contributed by atoms with Crippen molar-refractivity contribution in [2.75, 3.05) is 19.0 Å². The normalized spacial score (nSPS) is 26.9. The van der Waals surface area contributed by atoms with E-state index in [4.69, 9.17) is 40.5 Å². The van der Waals surface area contributed by atoms with E-state index in [9.17, 15) is 24.3 Å². The van der Waals surface area contributed by atoms with Gasteiger partial charge in [0.05, 0.1) is 37.1 Å². The van der Waals surface area contributed by atoms with Crippen molar-refractivity contribution in [1.29, 1.82) is 0 Å². The summed E-state index contributed by atoms with van der Waals surface area (Å²) in [4.78, 5) is 65.9. The molecule has 3 aliphatic heterocycles. The number of thiazole rings is 1. The van der Waals surface area contributed by atoms with Gasteiger partial charge in [-0.2, -0.15) is 0 Å². The zero-order chi connectivity index (χ0) is 41.7. The van der Waals surface area contributed by atoms with E-state index in [0.717, 1.165) is 18.0 Å². The summed E-state index contributed by atoms with van der Waals surface area (Å²) in [6.45, 7) is 11.3. The average molecular weight is 841 g/mol. The number of pyridine rings is 1. The van der Waals surface area contributed by atoms with Gasteiger partial charge in [-0.25, -0.2) is 19.6 Å². The number of rotatable bonds is 13. The molecular formula is C41H53ClN6O9S. The number of carbonyl (C=O) groups is 4. The molecule has 3 saturated heterocycles. The third-order valence-electron chi connectivity index (χ3n) is 11.6. The van der Waals surface area contributed by atoms with Crippen LogP contribution in [0.1, 0.15) is 86.5 Å². The molecule has 1 aliphatic carbocycles. The van der Waals surface area contributed by atoms with Crippen molar-refractivity contribution in [3.05, 3.63) is 28.6 Å². The highest BCUT2D eigenvalue weighted by atomic mass is 35.5. The maximum atomic E-state index is 14.8. The van der Waals surface area contributed by atoms with E-state index < -0.39 is 53.0 Å². The second-order valence-electron chi connectivity index (χ2n) is 17.3. The minimum absolute atomic E-state index is 0.0387. The molecule has 15 nitrogen and oxygen atoms in total. The predicted molar refractivity (Wildman–Crippen MR) is 218 cm³/mol. The number of hydrogen-bond acceptors (Lipinski definition) is 12. The van der Waals surface area contributed by atoms with Crippen LogP contribution in [0.3, 0.4) is 0 Å². The molecule has 1 saturated carbocycles. The summed E-state index contributed by atoms with van der Waals surface area (Å²) >= 11 is 8.26. The Morgan fingerprint density at radius 3 is 2.41 bits per heavy atom. The summed E-state index contributed by atoms with van der Waals surface area (Å²) < 4.78 is 24.0. The maximum absolute atomic E-state index is 14.8. The molecule has 3 aromatic rings. The van der Waals surface area contributed by atoms with E-state index in [1.165, 1.54) is 23.3 Å². The number of nitrogens with zero attached hydrogens (tertiary/aromatic N) is 3. The molecule has 314 valence electrons. The SMILES string of the molecule is CC[C@@H]1C[C@]1(NC(=O)[C@@H]1CC(Oc2cc(-c3csc(NC(C)C)n3)nc3c(Cl)c(OC)ccc23)CN1C(=O)C(NC(=O)OC1C[C@H]2CC[C@@H](C1)O2)C(C)(C)C)C(=O)O. The lowest BCUT2D eigenvalue weighted by Gasteiger charge is -2.36. The number of likely N-dealkylation sites (tertiary alicyclic amines) is 1. The Balaban J connectivity index is 1.19. The third-order valence-corrected chi connectivity index (χ3v) is 12.7. The fourth-order valence-electron chi connectivity index (χ4n) is 8.47. The highest BCUT2D eigenvalue weighted by Gasteiger charge is 2.61. The van der Waals surface area contributed by atoms with Crippen LogP contribution in [-0.2, 0) is 23.9 Å². The molecule has 2 bridgehead atoms. The Labute approximate surface area is 346 Å². The molecule has 2 aromatic heterocycles. The number of methoxy groups -OCH3 is 1. The summed E-state index contributed by atoms with van der Waals surface area (Å²) in [6, 6.07) is 3.21. The molecule has 0 radical (unpaired) electrons. The monoisotopic (exact) mass is 840 g/mol. The van der Waals surface area contributed by atoms with Crippen molar-refractivity contribution in [3.63, 3.8) is 0 Å². The number of benzene rings is 1. The first-order valence-electron chi connectivity index (χ1n) is 20.0. The molecule has 5 heterocycles. The van der Waals surface area contributed by atoms with E-state index in [-0.39, 0.29) is 54.7 Å². The Hall–Kier alpha value is -4.41. The van der Waals surface area contributed by atoms with Gasteiger partial charge >= 0.3 is 12.1 Å². The van der Waals surface area contributed by atoms with Crippen LogP contribution in [-0.4, -0.2) is 106 Å². The number of carbonyl (C=O) groups excluding carboxylic acids is 3. The number of ether oxygens (including phenoxy) is 4. The number of nitrogens with one attached hydrogen (secondary N) is 3. The van der Waals surface area contributed by atoms with Crippen LogP contribution in [0.25, 0.3) is 22.3 Å². The Bertz CT molecular complexity index is 2060. The topological polar surface area (TPSA) is 191 Å². The Kier molecular flexibility index (Phi) is 11.7. The first-order valence-corrected chi connectivity index (χ1v) is 21.3. The van der Waals surface area contributed by atoms with Gasteiger partial charge in [0.1, 0.15) is 52.0 Å². The molecule has 0 spiro atoms. The third kappa shape index (κ3) is 8.51. The summed E-state index contributed by atoms with van der Waals surface area (Å²) in [5.74, 6) is -1.67. The second-order valence-corrected chi connectivity index (χ2v) is 18.5. The zero-order valence-corrected chi connectivity index (χ0v) is 35.5. The lowest BCUT2D eigenvalue weighted by molar-refractivity contribution is -0.146. The van der Waals surface area contributed by atoms with E-state index in [1.54, 1.807) is 18.2 Å². The van der Waals surface area contributed by atoms with Crippen molar-refractivity contribution >= 4 is 62.8 Å².